The lowest BCUT2D eigenvalue weighted by atomic mass is 10.0. The molecule has 1 saturated heterocycles. The second-order valence-electron chi connectivity index (χ2n) is 7.08. The zero-order valence-corrected chi connectivity index (χ0v) is 16.4. The van der Waals surface area contributed by atoms with Crippen LogP contribution in [0.15, 0.2) is 0 Å². The van der Waals surface area contributed by atoms with Gasteiger partial charge in [-0.2, -0.15) is 0 Å². The Hall–Kier alpha value is 0.210. The quantitative estimate of drug-likeness (QED) is 0.352. The Bertz CT molecular complexity index is 220. The van der Waals surface area contributed by atoms with Gasteiger partial charge in [0.1, 0.15) is 0 Å². The Labute approximate surface area is 151 Å². The molecule has 2 nitrogen and oxygen atoms in total. The average molecular weight is 348 g/mol. The second-order valence-corrected chi connectivity index (χ2v) is 7.08. The molecule has 1 N–H and O–H groups in total. The smallest absolute Gasteiger partial charge is 0.0700 e. The fourth-order valence-electron chi connectivity index (χ4n) is 3.37. The largest absolute Gasteiger partial charge is 0.376 e. The molecular weight excluding hydrogens is 306 g/mol. The number of nitrogens with one attached hydrogen (secondary N) is 1. The van der Waals surface area contributed by atoms with Gasteiger partial charge in [-0.25, -0.2) is 0 Å². The van der Waals surface area contributed by atoms with Crippen molar-refractivity contribution >= 4 is 12.4 Å². The maximum absolute atomic E-state index is 5.73. The van der Waals surface area contributed by atoms with E-state index < -0.39 is 0 Å². The van der Waals surface area contributed by atoms with Crippen molar-refractivity contribution in [2.24, 2.45) is 0 Å². The Balaban J connectivity index is 0.00000484. The van der Waals surface area contributed by atoms with E-state index in [-0.39, 0.29) is 12.4 Å². The van der Waals surface area contributed by atoms with Crippen molar-refractivity contribution in [3.63, 3.8) is 0 Å². The first-order valence-corrected chi connectivity index (χ1v) is 10.3. The van der Waals surface area contributed by atoms with E-state index in [1.807, 2.05) is 0 Å². The summed E-state index contributed by atoms with van der Waals surface area (Å²) in [4.78, 5) is 0. The summed E-state index contributed by atoms with van der Waals surface area (Å²) < 4.78 is 5.73. The molecule has 0 aromatic rings. The Morgan fingerprint density at radius 2 is 1.22 bits per heavy atom. The van der Waals surface area contributed by atoms with Gasteiger partial charge in [0.25, 0.3) is 0 Å². The highest BCUT2D eigenvalue weighted by Crippen LogP contribution is 2.14. The molecule has 0 spiro atoms. The molecule has 0 aromatic carbocycles. The number of unbranched alkanes of at least 4 members (excludes halogenated alkanes) is 13. The average Bonchev–Trinajstić information content (AvgIpc) is 2.56. The summed E-state index contributed by atoms with van der Waals surface area (Å²) in [5.41, 5.74) is 0. The van der Waals surface area contributed by atoms with Crippen molar-refractivity contribution in [3.8, 4) is 0 Å². The van der Waals surface area contributed by atoms with Crippen molar-refractivity contribution < 1.29 is 4.74 Å². The van der Waals surface area contributed by atoms with E-state index in [2.05, 4.69) is 12.2 Å². The summed E-state index contributed by atoms with van der Waals surface area (Å²) in [7, 11) is 0. The van der Waals surface area contributed by atoms with Crippen molar-refractivity contribution in [1.82, 2.24) is 5.32 Å². The molecule has 1 rings (SSSR count). The van der Waals surface area contributed by atoms with E-state index in [0.717, 1.165) is 19.7 Å². The van der Waals surface area contributed by atoms with Gasteiger partial charge in [0.05, 0.1) is 12.7 Å². The third kappa shape index (κ3) is 15.5. The molecule has 140 valence electrons. The normalized spacial score (nSPS) is 17.9. The van der Waals surface area contributed by atoms with E-state index in [4.69, 9.17) is 4.74 Å². The van der Waals surface area contributed by atoms with Crippen molar-refractivity contribution in [2.75, 3.05) is 19.7 Å². The van der Waals surface area contributed by atoms with Crippen LogP contribution in [0.3, 0.4) is 0 Å². The Morgan fingerprint density at radius 3 is 1.65 bits per heavy atom. The molecule has 0 radical (unpaired) electrons. The number of rotatable bonds is 15. The first kappa shape index (κ1) is 23.2. The summed E-state index contributed by atoms with van der Waals surface area (Å²) in [6, 6.07) is 0. The van der Waals surface area contributed by atoms with E-state index in [9.17, 15) is 0 Å². The van der Waals surface area contributed by atoms with Gasteiger partial charge in [0, 0.05) is 13.1 Å². The van der Waals surface area contributed by atoms with Gasteiger partial charge >= 0.3 is 0 Å². The van der Waals surface area contributed by atoms with Gasteiger partial charge in [-0.05, 0) is 6.42 Å². The fraction of sp³-hybridized carbons (Fsp3) is 1.00. The zero-order valence-electron chi connectivity index (χ0n) is 15.6. The summed E-state index contributed by atoms with van der Waals surface area (Å²) in [5.74, 6) is 0. The molecule has 0 amide bonds. The lowest BCUT2D eigenvalue weighted by molar-refractivity contribution is 0.0220. The minimum absolute atomic E-state index is 0. The second kappa shape index (κ2) is 18.5. The molecule has 1 unspecified atom stereocenters. The highest BCUT2D eigenvalue weighted by atomic mass is 35.5. The third-order valence-corrected chi connectivity index (χ3v) is 4.88. The first-order chi connectivity index (χ1) is 10.9. The number of morpholine rings is 1. The van der Waals surface area contributed by atoms with Gasteiger partial charge in [-0.3, -0.25) is 0 Å². The number of hydrogen-bond acceptors (Lipinski definition) is 2. The van der Waals surface area contributed by atoms with Crippen LogP contribution in [0.2, 0.25) is 0 Å². The summed E-state index contributed by atoms with van der Waals surface area (Å²) in [5, 5.41) is 3.41. The Morgan fingerprint density at radius 1 is 0.739 bits per heavy atom. The first-order valence-electron chi connectivity index (χ1n) is 10.3. The van der Waals surface area contributed by atoms with Crippen LogP contribution in [-0.2, 0) is 4.74 Å². The molecule has 1 aliphatic rings. The monoisotopic (exact) mass is 347 g/mol. The highest BCUT2D eigenvalue weighted by Gasteiger charge is 2.11. The van der Waals surface area contributed by atoms with Crippen LogP contribution < -0.4 is 5.32 Å². The van der Waals surface area contributed by atoms with Crippen LogP contribution >= 0.6 is 12.4 Å². The van der Waals surface area contributed by atoms with Gasteiger partial charge in [-0.15, -0.1) is 12.4 Å². The van der Waals surface area contributed by atoms with Crippen LogP contribution in [0.4, 0.5) is 0 Å². The van der Waals surface area contributed by atoms with E-state index in [1.54, 1.807) is 0 Å². The molecular formula is C20H42ClNO. The molecule has 0 bridgehead atoms. The maximum atomic E-state index is 5.73. The molecule has 1 heterocycles. The third-order valence-electron chi connectivity index (χ3n) is 4.88. The lowest BCUT2D eigenvalue weighted by Gasteiger charge is -2.23. The van der Waals surface area contributed by atoms with Crippen LogP contribution in [0.1, 0.15) is 103 Å². The molecule has 1 aliphatic heterocycles. The number of hydrogen-bond donors (Lipinski definition) is 1. The van der Waals surface area contributed by atoms with Crippen LogP contribution in [0, 0.1) is 0 Å². The van der Waals surface area contributed by atoms with E-state index >= 15 is 0 Å². The fourth-order valence-corrected chi connectivity index (χ4v) is 3.37. The zero-order chi connectivity index (χ0) is 15.7. The van der Waals surface area contributed by atoms with Gasteiger partial charge in [0.15, 0.2) is 0 Å². The molecule has 0 aromatic heterocycles. The molecule has 0 aliphatic carbocycles. The van der Waals surface area contributed by atoms with Crippen molar-refractivity contribution in [1.29, 1.82) is 0 Å². The minimum atomic E-state index is 0. The summed E-state index contributed by atoms with van der Waals surface area (Å²) >= 11 is 0. The number of ether oxygens (including phenoxy) is 1. The summed E-state index contributed by atoms with van der Waals surface area (Å²) in [6.45, 7) is 5.30. The topological polar surface area (TPSA) is 21.3 Å². The molecule has 23 heavy (non-hydrogen) atoms. The molecule has 1 fully saturated rings. The van der Waals surface area contributed by atoms with E-state index in [1.165, 1.54) is 96.3 Å². The van der Waals surface area contributed by atoms with Crippen LogP contribution in [0.25, 0.3) is 0 Å². The van der Waals surface area contributed by atoms with Gasteiger partial charge in [0.2, 0.25) is 0 Å². The van der Waals surface area contributed by atoms with Crippen LogP contribution in [0.5, 0.6) is 0 Å². The lowest BCUT2D eigenvalue weighted by Crippen LogP contribution is -2.38. The predicted molar refractivity (Wildman–Crippen MR) is 105 cm³/mol. The van der Waals surface area contributed by atoms with Crippen molar-refractivity contribution in [3.05, 3.63) is 0 Å². The SMILES string of the molecule is CCCCCCCCCCCCCCCCC1CNCCO1.Cl. The minimum Gasteiger partial charge on any atom is -0.376 e. The molecule has 1 atom stereocenters. The van der Waals surface area contributed by atoms with Crippen molar-refractivity contribution in [2.45, 2.75) is 109 Å². The van der Waals surface area contributed by atoms with Gasteiger partial charge in [-0.1, -0.05) is 96.8 Å². The highest BCUT2D eigenvalue weighted by molar-refractivity contribution is 5.85. The summed E-state index contributed by atoms with van der Waals surface area (Å²) in [6.07, 6.45) is 21.9. The van der Waals surface area contributed by atoms with E-state index in [0.29, 0.717) is 6.10 Å². The number of halogens is 1. The Kier molecular flexibility index (Phi) is 18.7. The standard InChI is InChI=1S/C20H41NO.ClH/c1-2-3-4-5-6-7-8-9-10-11-12-13-14-15-16-20-19-21-17-18-22-20;/h20-21H,2-19H2,1H3;1H. The van der Waals surface area contributed by atoms with Gasteiger partial charge < -0.3 is 10.1 Å². The molecule has 3 heteroatoms. The maximum Gasteiger partial charge on any atom is 0.0700 e. The predicted octanol–water partition coefficient (Wildman–Crippen LogP) is 6.27. The van der Waals surface area contributed by atoms with Crippen LogP contribution in [-0.4, -0.2) is 25.8 Å². The molecule has 0 saturated carbocycles.